The molecule has 1 heterocycles. The number of rotatable bonds is 6. The molecule has 2 aromatic carbocycles. The summed E-state index contributed by atoms with van der Waals surface area (Å²) in [7, 11) is 3.75. The van der Waals surface area contributed by atoms with Crippen LogP contribution in [-0.2, 0) is 13.0 Å². The van der Waals surface area contributed by atoms with Gasteiger partial charge in [-0.15, -0.1) is 0 Å². The van der Waals surface area contributed by atoms with Crippen molar-refractivity contribution < 1.29 is 14.7 Å². The molecule has 6 heteroatoms. The van der Waals surface area contributed by atoms with Crippen molar-refractivity contribution in [3.63, 3.8) is 0 Å². The first-order chi connectivity index (χ1) is 15.3. The fourth-order valence-electron chi connectivity index (χ4n) is 4.10. The lowest BCUT2D eigenvalue weighted by atomic mass is 9.91. The molecule has 6 nitrogen and oxygen atoms in total. The fourth-order valence-corrected chi connectivity index (χ4v) is 4.10. The number of aromatic nitrogens is 1. The topological polar surface area (TPSA) is 82.5 Å². The molecule has 0 unspecified atom stereocenters. The van der Waals surface area contributed by atoms with E-state index < -0.39 is 6.09 Å². The molecule has 0 radical (unpaired) electrons. The van der Waals surface area contributed by atoms with Crippen molar-refractivity contribution in [1.82, 2.24) is 15.2 Å². The number of hydrogen-bond acceptors (Lipinski definition) is 4. The third-order valence-corrected chi connectivity index (χ3v) is 5.66. The van der Waals surface area contributed by atoms with Gasteiger partial charge in [-0.25, -0.2) is 4.79 Å². The molecule has 0 saturated carbocycles. The van der Waals surface area contributed by atoms with E-state index in [0.29, 0.717) is 11.3 Å². The first-order valence-corrected chi connectivity index (χ1v) is 10.4. The molecule has 1 aliphatic carbocycles. The Labute approximate surface area is 187 Å². The minimum Gasteiger partial charge on any atom is -0.465 e. The van der Waals surface area contributed by atoms with Gasteiger partial charge in [0, 0.05) is 49.7 Å². The molecule has 0 aliphatic heterocycles. The van der Waals surface area contributed by atoms with Crippen LogP contribution in [0.3, 0.4) is 0 Å². The maximum atomic E-state index is 13.1. The molecule has 162 valence electrons. The van der Waals surface area contributed by atoms with E-state index in [9.17, 15) is 9.59 Å². The molecule has 2 N–H and O–H groups in total. The van der Waals surface area contributed by atoms with Crippen molar-refractivity contribution in [3.05, 3.63) is 88.8 Å². The highest BCUT2D eigenvalue weighted by atomic mass is 16.4. The number of carboxylic acid groups (broad SMARTS) is 1. The van der Waals surface area contributed by atoms with Crippen LogP contribution < -0.4 is 5.32 Å². The molecule has 0 bridgehead atoms. The van der Waals surface area contributed by atoms with E-state index in [2.05, 4.69) is 17.4 Å². The number of hydrogen-bond donors (Lipinski definition) is 2. The molecule has 0 atom stereocenters. The number of carbonyl (C=O) groups is 2. The maximum Gasteiger partial charge on any atom is 0.404 e. The van der Waals surface area contributed by atoms with E-state index >= 15 is 0 Å². The summed E-state index contributed by atoms with van der Waals surface area (Å²) in [6.45, 7) is 2.04. The number of carbonyl (C=O) groups excluding carboxylic acids is 1. The predicted octanol–water partition coefficient (Wildman–Crippen LogP) is 4.65. The lowest BCUT2D eigenvalue weighted by molar-refractivity contribution is 0.104. The van der Waals surface area contributed by atoms with Gasteiger partial charge in [0.1, 0.15) is 0 Å². The van der Waals surface area contributed by atoms with E-state index in [0.717, 1.165) is 34.4 Å². The SMILES string of the molecule is Cc1nc(-c2c(C(=O)/C=C/N(C)C)ccc3c2Cc2ccccc2-3)ccc1CNC(=O)O. The zero-order valence-electron chi connectivity index (χ0n) is 18.3. The quantitative estimate of drug-likeness (QED) is 0.346. The monoisotopic (exact) mass is 427 g/mol. The zero-order chi connectivity index (χ0) is 22.8. The standard InChI is InChI=1S/C26H25N3O3/c1-16-18(15-27-26(31)32)8-11-23(28-16)25-21(24(30)12-13-29(2)3)10-9-20-19-7-5-4-6-17(19)14-22(20)25/h4-13,27H,14-15H2,1-3H3,(H,31,32)/b13-12+. The van der Waals surface area contributed by atoms with Crippen molar-refractivity contribution in [2.24, 2.45) is 0 Å². The number of nitrogens with one attached hydrogen (secondary N) is 1. The van der Waals surface area contributed by atoms with Gasteiger partial charge < -0.3 is 15.3 Å². The van der Waals surface area contributed by atoms with Gasteiger partial charge in [-0.2, -0.15) is 0 Å². The van der Waals surface area contributed by atoms with Crippen LogP contribution in [0.1, 0.15) is 32.7 Å². The number of nitrogens with zero attached hydrogens (tertiary/aromatic N) is 2. The Kier molecular flexibility index (Phi) is 5.77. The summed E-state index contributed by atoms with van der Waals surface area (Å²) < 4.78 is 0. The Balaban J connectivity index is 1.85. The molecular formula is C26H25N3O3. The van der Waals surface area contributed by atoms with Crippen molar-refractivity contribution in [1.29, 1.82) is 0 Å². The first-order valence-electron chi connectivity index (χ1n) is 10.4. The Bertz CT molecular complexity index is 1250. The van der Waals surface area contributed by atoms with Gasteiger partial charge in [-0.3, -0.25) is 9.78 Å². The van der Waals surface area contributed by atoms with E-state index in [4.69, 9.17) is 10.1 Å². The molecule has 4 rings (SSSR count). The zero-order valence-corrected chi connectivity index (χ0v) is 18.3. The lowest BCUT2D eigenvalue weighted by Gasteiger charge is -2.15. The van der Waals surface area contributed by atoms with E-state index in [-0.39, 0.29) is 12.3 Å². The van der Waals surface area contributed by atoms with Crippen LogP contribution in [0, 0.1) is 6.92 Å². The van der Waals surface area contributed by atoms with Crippen LogP contribution in [0.4, 0.5) is 4.79 Å². The van der Waals surface area contributed by atoms with Crippen LogP contribution in [0.15, 0.2) is 60.8 Å². The van der Waals surface area contributed by atoms with Crippen LogP contribution in [0.5, 0.6) is 0 Å². The second kappa shape index (κ2) is 8.67. The third-order valence-electron chi connectivity index (χ3n) is 5.66. The number of aryl methyl sites for hydroxylation is 1. The van der Waals surface area contributed by atoms with Gasteiger partial charge in [0.25, 0.3) is 0 Å². The van der Waals surface area contributed by atoms with E-state index in [1.165, 1.54) is 11.1 Å². The molecule has 32 heavy (non-hydrogen) atoms. The largest absolute Gasteiger partial charge is 0.465 e. The van der Waals surface area contributed by atoms with Crippen LogP contribution in [-0.4, -0.2) is 41.0 Å². The third kappa shape index (κ3) is 4.12. The summed E-state index contributed by atoms with van der Waals surface area (Å²) in [4.78, 5) is 30.6. The summed E-state index contributed by atoms with van der Waals surface area (Å²) in [5.74, 6) is -0.0801. The molecule has 1 aromatic heterocycles. The average molecular weight is 428 g/mol. The highest BCUT2D eigenvalue weighted by Crippen LogP contribution is 2.43. The number of amides is 1. The smallest absolute Gasteiger partial charge is 0.404 e. The summed E-state index contributed by atoms with van der Waals surface area (Å²) in [6.07, 6.45) is 2.98. The maximum absolute atomic E-state index is 13.1. The van der Waals surface area contributed by atoms with Gasteiger partial charge >= 0.3 is 6.09 Å². The molecule has 3 aromatic rings. The number of fused-ring (bicyclic) bond motifs is 3. The summed E-state index contributed by atoms with van der Waals surface area (Å²) in [5, 5.41) is 11.3. The van der Waals surface area contributed by atoms with Crippen molar-refractivity contribution >= 4 is 11.9 Å². The molecule has 0 spiro atoms. The summed E-state index contributed by atoms with van der Waals surface area (Å²) in [5.41, 5.74) is 8.33. The molecule has 0 fully saturated rings. The molecule has 1 amide bonds. The lowest BCUT2D eigenvalue weighted by Crippen LogP contribution is -2.20. The molecular weight excluding hydrogens is 402 g/mol. The summed E-state index contributed by atoms with van der Waals surface area (Å²) in [6, 6.07) is 15.9. The molecule has 1 aliphatic rings. The number of benzene rings is 2. The van der Waals surface area contributed by atoms with Crippen LogP contribution in [0.2, 0.25) is 0 Å². The minimum absolute atomic E-state index is 0.0801. The second-order valence-electron chi connectivity index (χ2n) is 8.09. The Morgan fingerprint density at radius 1 is 1.09 bits per heavy atom. The average Bonchev–Trinajstić information content (AvgIpc) is 3.14. The highest BCUT2D eigenvalue weighted by Gasteiger charge is 2.26. The predicted molar refractivity (Wildman–Crippen MR) is 125 cm³/mol. The van der Waals surface area contributed by atoms with Crippen molar-refractivity contribution in [2.75, 3.05) is 14.1 Å². The van der Waals surface area contributed by atoms with Crippen molar-refractivity contribution in [2.45, 2.75) is 19.9 Å². The fraction of sp³-hybridized carbons (Fsp3) is 0.192. The van der Waals surface area contributed by atoms with Gasteiger partial charge in [0.05, 0.1) is 5.69 Å². The number of pyridine rings is 1. The Morgan fingerprint density at radius 3 is 2.59 bits per heavy atom. The number of ketones is 1. The van der Waals surface area contributed by atoms with E-state index in [1.807, 2.05) is 62.3 Å². The first kappa shape index (κ1) is 21.3. The van der Waals surface area contributed by atoms with Crippen LogP contribution in [0.25, 0.3) is 22.4 Å². The second-order valence-corrected chi connectivity index (χ2v) is 8.09. The normalized spacial score (nSPS) is 11.8. The van der Waals surface area contributed by atoms with Crippen LogP contribution >= 0.6 is 0 Å². The van der Waals surface area contributed by atoms with Gasteiger partial charge in [-0.1, -0.05) is 36.4 Å². The van der Waals surface area contributed by atoms with Gasteiger partial charge in [0.2, 0.25) is 0 Å². The van der Waals surface area contributed by atoms with E-state index in [1.54, 1.807) is 12.3 Å². The number of allylic oxidation sites excluding steroid dienone is 1. The minimum atomic E-state index is -1.08. The highest BCUT2D eigenvalue weighted by molar-refractivity contribution is 6.10. The summed E-state index contributed by atoms with van der Waals surface area (Å²) >= 11 is 0. The molecule has 0 saturated heterocycles. The van der Waals surface area contributed by atoms with Gasteiger partial charge in [0.15, 0.2) is 5.78 Å². The Morgan fingerprint density at radius 2 is 1.88 bits per heavy atom. The Hall–Kier alpha value is -3.93. The van der Waals surface area contributed by atoms with Gasteiger partial charge in [-0.05, 0) is 53.3 Å². The van der Waals surface area contributed by atoms with Crippen molar-refractivity contribution in [3.8, 4) is 22.4 Å².